The zero-order valence-corrected chi connectivity index (χ0v) is 11.7. The molecule has 18 heavy (non-hydrogen) atoms. The van der Waals surface area contributed by atoms with Gasteiger partial charge in [-0.1, -0.05) is 0 Å². The molecule has 0 unspecified atom stereocenters. The Morgan fingerprint density at radius 2 is 2.28 bits per heavy atom. The van der Waals surface area contributed by atoms with Crippen molar-refractivity contribution in [1.29, 1.82) is 0 Å². The zero-order chi connectivity index (χ0) is 13.0. The van der Waals surface area contributed by atoms with Crippen LogP contribution in [0.5, 0.6) is 0 Å². The van der Waals surface area contributed by atoms with Crippen molar-refractivity contribution in [2.75, 3.05) is 6.54 Å². The maximum Gasteiger partial charge on any atom is 0.249 e. The number of thiazole rings is 1. The molecule has 2 heterocycles. The van der Waals surface area contributed by atoms with E-state index >= 15 is 0 Å². The van der Waals surface area contributed by atoms with Gasteiger partial charge in [0.2, 0.25) is 5.91 Å². The van der Waals surface area contributed by atoms with E-state index in [4.69, 9.17) is 5.73 Å². The highest BCUT2D eigenvalue weighted by molar-refractivity contribution is 7.10. The van der Waals surface area contributed by atoms with Gasteiger partial charge in [-0.25, -0.2) is 4.98 Å². The predicted octanol–water partition coefficient (Wildman–Crippen LogP) is 1.94. The second kappa shape index (κ2) is 6.08. The van der Waals surface area contributed by atoms with Crippen LogP contribution in [0.15, 0.2) is 16.8 Å². The number of hydrogen-bond donors (Lipinski definition) is 2. The van der Waals surface area contributed by atoms with Gasteiger partial charge < -0.3 is 11.1 Å². The molecule has 0 saturated carbocycles. The summed E-state index contributed by atoms with van der Waals surface area (Å²) in [5.74, 6) is -0.365. The first-order valence-electron chi connectivity index (χ1n) is 5.64. The molecular formula is C12H15N3OS2. The van der Waals surface area contributed by atoms with E-state index in [9.17, 15) is 4.79 Å². The van der Waals surface area contributed by atoms with E-state index in [2.05, 4.69) is 15.7 Å². The fraction of sp³-hybridized carbons (Fsp3) is 0.333. The van der Waals surface area contributed by atoms with Gasteiger partial charge in [-0.15, -0.1) is 22.7 Å². The molecule has 0 spiro atoms. The van der Waals surface area contributed by atoms with Crippen molar-refractivity contribution >= 4 is 28.6 Å². The summed E-state index contributed by atoms with van der Waals surface area (Å²) in [4.78, 5) is 16.5. The molecular weight excluding hydrogens is 266 g/mol. The fourth-order valence-electron chi connectivity index (χ4n) is 1.53. The van der Waals surface area contributed by atoms with E-state index in [-0.39, 0.29) is 5.91 Å². The van der Waals surface area contributed by atoms with Gasteiger partial charge in [0.05, 0.1) is 10.6 Å². The lowest BCUT2D eigenvalue weighted by atomic mass is 10.3. The molecule has 0 radical (unpaired) electrons. The highest BCUT2D eigenvalue weighted by Crippen LogP contribution is 2.14. The third-order valence-electron chi connectivity index (χ3n) is 2.42. The third-order valence-corrected chi connectivity index (χ3v) is 4.38. The fourth-order valence-corrected chi connectivity index (χ4v) is 3.15. The molecule has 3 N–H and O–H groups in total. The van der Waals surface area contributed by atoms with Crippen LogP contribution in [-0.2, 0) is 13.0 Å². The van der Waals surface area contributed by atoms with Crippen LogP contribution in [0, 0.1) is 6.92 Å². The predicted molar refractivity (Wildman–Crippen MR) is 75.1 cm³/mol. The van der Waals surface area contributed by atoms with E-state index in [1.165, 1.54) is 0 Å². The summed E-state index contributed by atoms with van der Waals surface area (Å²) in [6.07, 6.45) is 0.937. The number of rotatable bonds is 6. The molecule has 0 aliphatic rings. The van der Waals surface area contributed by atoms with Gasteiger partial charge in [0, 0.05) is 40.8 Å². The molecule has 2 aromatic heterocycles. The Morgan fingerprint density at radius 3 is 2.89 bits per heavy atom. The van der Waals surface area contributed by atoms with Crippen LogP contribution in [0.3, 0.4) is 0 Å². The zero-order valence-electron chi connectivity index (χ0n) is 10.1. The van der Waals surface area contributed by atoms with Gasteiger partial charge in [-0.2, -0.15) is 0 Å². The summed E-state index contributed by atoms with van der Waals surface area (Å²) < 4.78 is 0. The number of carbonyl (C=O) groups excluding carboxylic acids is 1. The Kier molecular flexibility index (Phi) is 4.46. The van der Waals surface area contributed by atoms with E-state index in [1.807, 2.05) is 13.0 Å². The molecule has 0 bridgehead atoms. The first kappa shape index (κ1) is 13.2. The van der Waals surface area contributed by atoms with Crippen molar-refractivity contribution in [2.45, 2.75) is 19.9 Å². The SMILES string of the molecule is Cc1csc(CCNCc2cc(C(N)=O)cs2)n1. The van der Waals surface area contributed by atoms with Gasteiger partial charge in [0.15, 0.2) is 0 Å². The summed E-state index contributed by atoms with van der Waals surface area (Å²) in [5.41, 5.74) is 6.87. The van der Waals surface area contributed by atoms with Crippen LogP contribution in [0.2, 0.25) is 0 Å². The Labute approximate surface area is 114 Å². The Morgan fingerprint density at radius 1 is 1.44 bits per heavy atom. The molecule has 2 rings (SSSR count). The van der Waals surface area contributed by atoms with Crippen LogP contribution in [0.1, 0.15) is 25.9 Å². The van der Waals surface area contributed by atoms with Crippen molar-refractivity contribution in [3.63, 3.8) is 0 Å². The summed E-state index contributed by atoms with van der Waals surface area (Å²) >= 11 is 3.25. The number of hydrogen-bond acceptors (Lipinski definition) is 5. The number of primary amides is 1. The lowest BCUT2D eigenvalue weighted by molar-refractivity contribution is 0.100. The van der Waals surface area contributed by atoms with Crippen molar-refractivity contribution in [1.82, 2.24) is 10.3 Å². The average molecular weight is 281 g/mol. The highest BCUT2D eigenvalue weighted by Gasteiger charge is 2.04. The molecule has 4 nitrogen and oxygen atoms in total. The minimum Gasteiger partial charge on any atom is -0.366 e. The summed E-state index contributed by atoms with van der Waals surface area (Å²) in [6, 6.07) is 1.84. The number of nitrogens with one attached hydrogen (secondary N) is 1. The largest absolute Gasteiger partial charge is 0.366 e. The van der Waals surface area contributed by atoms with Gasteiger partial charge in [0.1, 0.15) is 0 Å². The highest BCUT2D eigenvalue weighted by atomic mass is 32.1. The lowest BCUT2D eigenvalue weighted by Gasteiger charge is -2.00. The lowest BCUT2D eigenvalue weighted by Crippen LogP contribution is -2.16. The topological polar surface area (TPSA) is 68.0 Å². The molecule has 0 atom stereocenters. The van der Waals surface area contributed by atoms with Crippen LogP contribution in [-0.4, -0.2) is 17.4 Å². The molecule has 1 amide bonds. The average Bonchev–Trinajstić information content (AvgIpc) is 2.93. The van der Waals surface area contributed by atoms with Crippen molar-refractivity contribution in [2.24, 2.45) is 5.73 Å². The second-order valence-corrected chi connectivity index (χ2v) is 5.91. The van der Waals surface area contributed by atoms with Crippen LogP contribution < -0.4 is 11.1 Å². The van der Waals surface area contributed by atoms with Gasteiger partial charge in [-0.05, 0) is 13.0 Å². The van der Waals surface area contributed by atoms with Crippen molar-refractivity contribution < 1.29 is 4.79 Å². The van der Waals surface area contributed by atoms with Crippen LogP contribution in [0.25, 0.3) is 0 Å². The minimum atomic E-state index is -0.365. The number of thiophene rings is 1. The molecule has 2 aromatic rings. The van der Waals surface area contributed by atoms with E-state index in [0.717, 1.165) is 35.1 Å². The normalized spacial score (nSPS) is 10.7. The Bertz CT molecular complexity index is 533. The number of aryl methyl sites for hydroxylation is 1. The quantitative estimate of drug-likeness (QED) is 0.795. The number of aromatic nitrogens is 1. The summed E-state index contributed by atoms with van der Waals surface area (Å²) in [5, 5.41) is 8.35. The standard InChI is InChI=1S/C12H15N3OS2/c1-8-6-18-11(15-8)2-3-14-5-10-4-9(7-17-10)12(13)16/h4,6-7,14H,2-3,5H2,1H3,(H2,13,16). The van der Waals surface area contributed by atoms with E-state index < -0.39 is 0 Å². The number of amides is 1. The number of nitrogens with two attached hydrogens (primary N) is 1. The van der Waals surface area contributed by atoms with Crippen molar-refractivity contribution in [3.8, 4) is 0 Å². The summed E-state index contributed by atoms with van der Waals surface area (Å²) in [6.45, 7) is 3.66. The van der Waals surface area contributed by atoms with Crippen LogP contribution >= 0.6 is 22.7 Å². The van der Waals surface area contributed by atoms with E-state index in [1.54, 1.807) is 28.1 Å². The second-order valence-electron chi connectivity index (χ2n) is 3.98. The molecule has 0 aliphatic carbocycles. The Balaban J connectivity index is 1.73. The molecule has 0 saturated heterocycles. The first-order valence-corrected chi connectivity index (χ1v) is 7.40. The number of carbonyl (C=O) groups is 1. The Hall–Kier alpha value is -1.24. The number of nitrogens with zero attached hydrogens (tertiary/aromatic N) is 1. The monoisotopic (exact) mass is 281 g/mol. The molecule has 0 aromatic carbocycles. The van der Waals surface area contributed by atoms with Gasteiger partial charge >= 0.3 is 0 Å². The molecule has 6 heteroatoms. The molecule has 0 aliphatic heterocycles. The van der Waals surface area contributed by atoms with Gasteiger partial charge in [-0.3, -0.25) is 4.79 Å². The van der Waals surface area contributed by atoms with E-state index in [0.29, 0.717) is 5.56 Å². The van der Waals surface area contributed by atoms with Crippen molar-refractivity contribution in [3.05, 3.63) is 38.0 Å². The smallest absolute Gasteiger partial charge is 0.249 e. The molecule has 0 fully saturated rings. The molecule has 96 valence electrons. The minimum absolute atomic E-state index is 0.365. The maximum atomic E-state index is 10.9. The van der Waals surface area contributed by atoms with Crippen LogP contribution in [0.4, 0.5) is 0 Å². The first-order chi connectivity index (χ1) is 8.65. The maximum absolute atomic E-state index is 10.9. The van der Waals surface area contributed by atoms with Gasteiger partial charge in [0.25, 0.3) is 0 Å². The summed E-state index contributed by atoms with van der Waals surface area (Å²) in [7, 11) is 0. The third kappa shape index (κ3) is 3.63.